The fraction of sp³-hybridized carbons (Fsp3) is 1.00. The van der Waals surface area contributed by atoms with Gasteiger partial charge < -0.3 is 10.1 Å². The molecule has 0 bridgehead atoms. The average Bonchev–Trinajstić information content (AvgIpc) is 2.49. The molecule has 1 saturated heterocycles. The van der Waals surface area contributed by atoms with Gasteiger partial charge in [0.15, 0.2) is 0 Å². The lowest BCUT2D eigenvalue weighted by Gasteiger charge is -2.14. The lowest BCUT2D eigenvalue weighted by molar-refractivity contribution is -0.135. The first-order valence-electron chi connectivity index (χ1n) is 5.38. The van der Waals surface area contributed by atoms with Gasteiger partial charge in [0.1, 0.15) is 0 Å². The van der Waals surface area contributed by atoms with Crippen LogP contribution in [0.1, 0.15) is 26.2 Å². The highest BCUT2D eigenvalue weighted by Crippen LogP contribution is 2.21. The Bertz CT molecular complexity index is 184. The summed E-state index contributed by atoms with van der Waals surface area (Å²) in [6.07, 6.45) is -3.32. The second-order valence-electron chi connectivity index (χ2n) is 4.05. The predicted molar refractivity (Wildman–Crippen MR) is 51.7 cm³/mol. The Morgan fingerprint density at radius 3 is 2.67 bits per heavy atom. The number of rotatable bonds is 5. The molecule has 90 valence electrons. The van der Waals surface area contributed by atoms with Crippen molar-refractivity contribution < 1.29 is 17.9 Å². The predicted octanol–water partition coefficient (Wildman–Crippen LogP) is 2.34. The van der Waals surface area contributed by atoms with Gasteiger partial charge in [0.25, 0.3) is 0 Å². The average molecular weight is 225 g/mol. The Labute approximate surface area is 88.2 Å². The highest BCUT2D eigenvalue weighted by atomic mass is 19.4. The molecule has 1 aliphatic heterocycles. The van der Waals surface area contributed by atoms with Crippen LogP contribution in [0.3, 0.4) is 0 Å². The molecule has 1 rings (SSSR count). The van der Waals surface area contributed by atoms with E-state index in [0.717, 1.165) is 19.6 Å². The normalized spacial score (nSPS) is 27.2. The van der Waals surface area contributed by atoms with Crippen molar-refractivity contribution in [2.24, 2.45) is 5.92 Å². The maximum Gasteiger partial charge on any atom is 0.389 e. The molecule has 0 aromatic carbocycles. The van der Waals surface area contributed by atoms with Crippen LogP contribution >= 0.6 is 0 Å². The fourth-order valence-corrected chi connectivity index (χ4v) is 1.75. The molecule has 2 unspecified atom stereocenters. The van der Waals surface area contributed by atoms with Crippen LogP contribution in [0.2, 0.25) is 0 Å². The minimum Gasteiger partial charge on any atom is -0.378 e. The van der Waals surface area contributed by atoms with E-state index in [1.54, 1.807) is 0 Å². The Kier molecular flexibility index (Phi) is 4.86. The summed E-state index contributed by atoms with van der Waals surface area (Å²) in [5.74, 6) is 0.455. The Morgan fingerprint density at radius 2 is 2.13 bits per heavy atom. The first-order valence-corrected chi connectivity index (χ1v) is 5.38. The van der Waals surface area contributed by atoms with Gasteiger partial charge in [0.05, 0.1) is 6.10 Å². The molecule has 0 aliphatic carbocycles. The van der Waals surface area contributed by atoms with E-state index in [0.29, 0.717) is 12.5 Å². The summed E-state index contributed by atoms with van der Waals surface area (Å²) in [7, 11) is 0. The minimum absolute atomic E-state index is 0.158. The zero-order valence-electron chi connectivity index (χ0n) is 8.94. The third-order valence-electron chi connectivity index (χ3n) is 2.75. The van der Waals surface area contributed by atoms with E-state index in [2.05, 4.69) is 5.32 Å². The van der Waals surface area contributed by atoms with Crippen LogP contribution in [0, 0.1) is 5.92 Å². The standard InChI is InChI=1S/C10H18F3NO/c1-8-9(3-6-15-8)7-14-5-2-4-10(11,12)13/h8-9,14H,2-7H2,1H3. The first kappa shape index (κ1) is 12.8. The van der Waals surface area contributed by atoms with Crippen molar-refractivity contribution in [2.45, 2.75) is 38.5 Å². The van der Waals surface area contributed by atoms with E-state index in [1.165, 1.54) is 0 Å². The first-order chi connectivity index (χ1) is 6.99. The molecule has 2 atom stereocenters. The van der Waals surface area contributed by atoms with E-state index in [-0.39, 0.29) is 12.5 Å². The van der Waals surface area contributed by atoms with E-state index < -0.39 is 12.6 Å². The van der Waals surface area contributed by atoms with Gasteiger partial charge in [-0.15, -0.1) is 0 Å². The molecule has 0 amide bonds. The Balaban J connectivity index is 1.97. The summed E-state index contributed by atoms with van der Waals surface area (Å²) >= 11 is 0. The van der Waals surface area contributed by atoms with E-state index in [9.17, 15) is 13.2 Å². The largest absolute Gasteiger partial charge is 0.389 e. The molecule has 15 heavy (non-hydrogen) atoms. The molecule has 1 aliphatic rings. The van der Waals surface area contributed by atoms with Crippen molar-refractivity contribution in [1.29, 1.82) is 0 Å². The van der Waals surface area contributed by atoms with Crippen molar-refractivity contribution in [3.05, 3.63) is 0 Å². The molecule has 0 saturated carbocycles. The van der Waals surface area contributed by atoms with Gasteiger partial charge in [-0.25, -0.2) is 0 Å². The molecule has 1 N–H and O–H groups in total. The third-order valence-corrected chi connectivity index (χ3v) is 2.75. The number of halogens is 3. The molecule has 0 aromatic rings. The summed E-state index contributed by atoms with van der Waals surface area (Å²) in [6, 6.07) is 0. The van der Waals surface area contributed by atoms with Crippen molar-refractivity contribution in [3.8, 4) is 0 Å². The Hall–Kier alpha value is -0.290. The zero-order chi connectivity index (χ0) is 11.3. The quantitative estimate of drug-likeness (QED) is 0.725. The van der Waals surface area contributed by atoms with E-state index >= 15 is 0 Å². The number of hydrogen-bond acceptors (Lipinski definition) is 2. The molecular weight excluding hydrogens is 207 g/mol. The second-order valence-corrected chi connectivity index (χ2v) is 4.05. The Morgan fingerprint density at radius 1 is 1.40 bits per heavy atom. The van der Waals surface area contributed by atoms with E-state index in [1.807, 2.05) is 6.92 Å². The third kappa shape index (κ3) is 5.37. The summed E-state index contributed by atoms with van der Waals surface area (Å²) in [5.41, 5.74) is 0. The maximum absolute atomic E-state index is 11.8. The zero-order valence-corrected chi connectivity index (χ0v) is 8.94. The van der Waals surface area contributed by atoms with Gasteiger partial charge in [-0.1, -0.05) is 0 Å². The molecule has 5 heteroatoms. The fourth-order valence-electron chi connectivity index (χ4n) is 1.75. The number of alkyl halides is 3. The van der Waals surface area contributed by atoms with Crippen LogP contribution in [0.15, 0.2) is 0 Å². The smallest absolute Gasteiger partial charge is 0.378 e. The van der Waals surface area contributed by atoms with Crippen LogP contribution in [0.25, 0.3) is 0 Å². The topological polar surface area (TPSA) is 21.3 Å². The van der Waals surface area contributed by atoms with Crippen LogP contribution in [-0.2, 0) is 4.74 Å². The summed E-state index contributed by atoms with van der Waals surface area (Å²) < 4.78 is 40.8. The lowest BCUT2D eigenvalue weighted by atomic mass is 10.0. The molecule has 0 spiro atoms. The molecule has 2 nitrogen and oxygen atoms in total. The van der Waals surface area contributed by atoms with Crippen LogP contribution in [-0.4, -0.2) is 32.0 Å². The van der Waals surface area contributed by atoms with Crippen LogP contribution in [0.4, 0.5) is 13.2 Å². The summed E-state index contributed by atoms with van der Waals surface area (Å²) in [5, 5.41) is 3.05. The van der Waals surface area contributed by atoms with E-state index in [4.69, 9.17) is 4.74 Å². The summed E-state index contributed by atoms with van der Waals surface area (Å²) in [4.78, 5) is 0. The van der Waals surface area contributed by atoms with Crippen molar-refractivity contribution in [2.75, 3.05) is 19.7 Å². The maximum atomic E-state index is 11.8. The molecular formula is C10H18F3NO. The van der Waals surface area contributed by atoms with Gasteiger partial charge in [-0.05, 0) is 32.2 Å². The number of nitrogens with one attached hydrogen (secondary N) is 1. The van der Waals surface area contributed by atoms with Crippen molar-refractivity contribution >= 4 is 0 Å². The highest BCUT2D eigenvalue weighted by molar-refractivity contribution is 4.74. The highest BCUT2D eigenvalue weighted by Gasteiger charge is 2.26. The van der Waals surface area contributed by atoms with Crippen LogP contribution < -0.4 is 5.32 Å². The van der Waals surface area contributed by atoms with Gasteiger partial charge in [0.2, 0.25) is 0 Å². The lowest BCUT2D eigenvalue weighted by Crippen LogP contribution is -2.28. The molecule has 0 radical (unpaired) electrons. The van der Waals surface area contributed by atoms with Crippen molar-refractivity contribution in [3.63, 3.8) is 0 Å². The minimum atomic E-state index is -4.02. The van der Waals surface area contributed by atoms with Gasteiger partial charge in [-0.2, -0.15) is 13.2 Å². The SMILES string of the molecule is CC1OCCC1CNCCCC(F)(F)F. The number of ether oxygens (including phenoxy) is 1. The molecule has 0 aromatic heterocycles. The van der Waals surface area contributed by atoms with Crippen LogP contribution in [0.5, 0.6) is 0 Å². The second kappa shape index (κ2) is 5.70. The van der Waals surface area contributed by atoms with Crippen molar-refractivity contribution in [1.82, 2.24) is 5.32 Å². The molecule has 1 heterocycles. The monoisotopic (exact) mass is 225 g/mol. The summed E-state index contributed by atoms with van der Waals surface area (Å²) in [6.45, 7) is 3.98. The van der Waals surface area contributed by atoms with Gasteiger partial charge in [0, 0.05) is 19.6 Å². The van der Waals surface area contributed by atoms with Gasteiger partial charge >= 0.3 is 6.18 Å². The van der Waals surface area contributed by atoms with Gasteiger partial charge in [-0.3, -0.25) is 0 Å². The molecule has 1 fully saturated rings. The number of hydrogen-bond donors (Lipinski definition) is 1.